The average Bonchev–Trinajstić information content (AvgIpc) is 3.28. The van der Waals surface area contributed by atoms with Crippen LogP contribution in [-0.2, 0) is 21.2 Å². The first-order valence-electron chi connectivity index (χ1n) is 11.8. The largest absolute Gasteiger partial charge is 0.419 e. The van der Waals surface area contributed by atoms with E-state index < -0.39 is 21.9 Å². The Morgan fingerprint density at radius 1 is 0.946 bits per heavy atom. The third-order valence-corrected chi connectivity index (χ3v) is 7.84. The van der Waals surface area contributed by atoms with Crippen LogP contribution in [0, 0.1) is 5.82 Å². The summed E-state index contributed by atoms with van der Waals surface area (Å²) in [5, 5.41) is 0. The van der Waals surface area contributed by atoms with E-state index in [0.29, 0.717) is 30.0 Å². The zero-order valence-electron chi connectivity index (χ0n) is 20.6. The van der Waals surface area contributed by atoms with Gasteiger partial charge in [-0.2, -0.15) is 0 Å². The monoisotopic (exact) mass is 523 g/mol. The van der Waals surface area contributed by atoms with Crippen molar-refractivity contribution in [1.82, 2.24) is 0 Å². The van der Waals surface area contributed by atoms with Gasteiger partial charge in [0.2, 0.25) is 15.9 Å². The maximum absolute atomic E-state index is 13.3. The number of nitrogens with zero attached hydrogens (tertiary/aromatic N) is 3. The fraction of sp³-hybridized carbons (Fsp3) is 0.259. The minimum absolute atomic E-state index is 0.147. The summed E-state index contributed by atoms with van der Waals surface area (Å²) < 4.78 is 44.4. The third-order valence-electron chi connectivity index (χ3n) is 6.66. The highest BCUT2D eigenvalue weighted by atomic mass is 32.2. The van der Waals surface area contributed by atoms with Crippen molar-refractivity contribution in [2.75, 3.05) is 33.5 Å². The molecule has 2 amide bonds. The first kappa shape index (κ1) is 24.8. The van der Waals surface area contributed by atoms with E-state index >= 15 is 0 Å². The number of anilines is 3. The molecule has 192 valence electrons. The highest BCUT2D eigenvalue weighted by Gasteiger charge is 2.35. The molecule has 8 nitrogen and oxygen atoms in total. The molecule has 0 spiro atoms. The van der Waals surface area contributed by atoms with Crippen LogP contribution >= 0.6 is 0 Å². The van der Waals surface area contributed by atoms with Gasteiger partial charge in [-0.15, -0.1) is 0 Å². The molecule has 2 aliphatic heterocycles. The van der Waals surface area contributed by atoms with Gasteiger partial charge in [0.25, 0.3) is 0 Å². The van der Waals surface area contributed by atoms with Crippen LogP contribution in [0.25, 0.3) is 11.1 Å². The quantitative estimate of drug-likeness (QED) is 0.502. The predicted octanol–water partition coefficient (Wildman–Crippen LogP) is 4.58. The Morgan fingerprint density at radius 2 is 1.59 bits per heavy atom. The van der Waals surface area contributed by atoms with Gasteiger partial charge in [0.1, 0.15) is 11.6 Å². The van der Waals surface area contributed by atoms with Crippen LogP contribution in [0.5, 0.6) is 5.75 Å². The topological polar surface area (TPSA) is 87.2 Å². The van der Waals surface area contributed by atoms with E-state index in [1.54, 1.807) is 17.0 Å². The van der Waals surface area contributed by atoms with Crippen molar-refractivity contribution in [2.45, 2.75) is 26.3 Å². The van der Waals surface area contributed by atoms with E-state index in [1.165, 1.54) is 46.7 Å². The van der Waals surface area contributed by atoms with Gasteiger partial charge in [-0.1, -0.05) is 12.1 Å². The van der Waals surface area contributed by atoms with E-state index in [4.69, 9.17) is 4.74 Å². The molecule has 10 heteroatoms. The summed E-state index contributed by atoms with van der Waals surface area (Å²) in [6.45, 7) is 3.94. The molecule has 0 saturated carbocycles. The Kier molecular flexibility index (Phi) is 6.15. The molecule has 0 saturated heterocycles. The van der Waals surface area contributed by atoms with Gasteiger partial charge in [0.15, 0.2) is 0 Å². The summed E-state index contributed by atoms with van der Waals surface area (Å²) in [7, 11) is -3.35. The van der Waals surface area contributed by atoms with Crippen LogP contribution in [0.1, 0.15) is 19.4 Å². The van der Waals surface area contributed by atoms with Crippen LogP contribution in [0.2, 0.25) is 0 Å². The standard InChI is InChI=1S/C27H26FN3O5S/c1-17-16-29(27(33)36-23-8-6-22(28)7-9-23)26-15-20(5-11-25(26)31(17)18(2)32)19-4-10-24-21(14-19)12-13-30(24)37(3,34)35/h4-11,14-15,17H,12-13,16H2,1-3H3. The number of benzene rings is 3. The zero-order chi connectivity index (χ0) is 26.5. The summed E-state index contributed by atoms with van der Waals surface area (Å²) >= 11 is 0. The van der Waals surface area contributed by atoms with Gasteiger partial charge in [0.05, 0.1) is 29.4 Å². The van der Waals surface area contributed by atoms with Crippen LogP contribution in [0.3, 0.4) is 0 Å². The number of amides is 2. The molecule has 0 N–H and O–H groups in total. The van der Waals surface area contributed by atoms with Gasteiger partial charge in [-0.3, -0.25) is 14.0 Å². The zero-order valence-corrected chi connectivity index (χ0v) is 21.5. The summed E-state index contributed by atoms with van der Waals surface area (Å²) in [6.07, 6.45) is 1.16. The van der Waals surface area contributed by atoms with Crippen molar-refractivity contribution in [3.05, 3.63) is 72.0 Å². The summed E-state index contributed by atoms with van der Waals surface area (Å²) in [4.78, 5) is 28.8. The number of hydrogen-bond acceptors (Lipinski definition) is 5. The number of halogens is 1. The summed E-state index contributed by atoms with van der Waals surface area (Å²) in [5.74, 6) is -0.376. The number of carbonyl (C=O) groups is 2. The molecule has 3 aromatic carbocycles. The molecule has 5 rings (SSSR count). The van der Waals surface area contributed by atoms with Gasteiger partial charge >= 0.3 is 6.09 Å². The van der Waals surface area contributed by atoms with Gasteiger partial charge < -0.3 is 9.64 Å². The average molecular weight is 524 g/mol. The summed E-state index contributed by atoms with van der Waals surface area (Å²) in [5.41, 5.74) is 4.35. The molecule has 0 bridgehead atoms. The molecule has 3 aromatic rings. The van der Waals surface area contributed by atoms with E-state index in [2.05, 4.69) is 0 Å². The second-order valence-electron chi connectivity index (χ2n) is 9.30. The van der Waals surface area contributed by atoms with Crippen LogP contribution in [0.4, 0.5) is 26.2 Å². The molecule has 0 radical (unpaired) electrons. The lowest BCUT2D eigenvalue weighted by Gasteiger charge is -2.40. The van der Waals surface area contributed by atoms with Gasteiger partial charge in [0, 0.05) is 20.0 Å². The normalized spacial score (nSPS) is 16.9. The molecular weight excluding hydrogens is 497 g/mol. The van der Waals surface area contributed by atoms with Crippen molar-refractivity contribution in [3.8, 4) is 16.9 Å². The van der Waals surface area contributed by atoms with Gasteiger partial charge in [-0.05, 0) is 78.6 Å². The SMILES string of the molecule is CC(=O)N1c2ccc(-c3ccc4c(c3)CCN4S(C)(=O)=O)cc2N(C(=O)Oc2ccc(F)cc2)CC1C. The van der Waals surface area contributed by atoms with Crippen LogP contribution in [0.15, 0.2) is 60.7 Å². The van der Waals surface area contributed by atoms with E-state index in [-0.39, 0.29) is 24.2 Å². The molecule has 37 heavy (non-hydrogen) atoms. The Labute approximate surface area is 214 Å². The fourth-order valence-corrected chi connectivity index (χ4v) is 5.97. The number of fused-ring (bicyclic) bond motifs is 2. The minimum atomic E-state index is -3.35. The lowest BCUT2D eigenvalue weighted by Crippen LogP contribution is -2.52. The first-order valence-corrected chi connectivity index (χ1v) is 13.7. The van der Waals surface area contributed by atoms with E-state index in [1.807, 2.05) is 31.2 Å². The van der Waals surface area contributed by atoms with Gasteiger partial charge in [-0.25, -0.2) is 17.6 Å². The second-order valence-corrected chi connectivity index (χ2v) is 11.2. The van der Waals surface area contributed by atoms with Crippen molar-refractivity contribution in [2.24, 2.45) is 0 Å². The second kappa shape index (κ2) is 9.19. The van der Waals surface area contributed by atoms with Crippen molar-refractivity contribution < 1.29 is 27.1 Å². The highest BCUT2D eigenvalue weighted by Crippen LogP contribution is 2.41. The summed E-state index contributed by atoms with van der Waals surface area (Å²) in [6, 6.07) is 16.0. The number of rotatable bonds is 3. The van der Waals surface area contributed by atoms with Crippen molar-refractivity contribution >= 4 is 39.1 Å². The number of carbonyl (C=O) groups excluding carboxylic acids is 2. The minimum Gasteiger partial charge on any atom is -0.410 e. The molecule has 0 fully saturated rings. The van der Waals surface area contributed by atoms with Crippen LogP contribution in [-0.4, -0.2) is 45.8 Å². The number of ether oxygens (including phenoxy) is 1. The fourth-order valence-electron chi connectivity index (χ4n) is 5.01. The Morgan fingerprint density at radius 3 is 2.24 bits per heavy atom. The molecule has 0 aromatic heterocycles. The lowest BCUT2D eigenvalue weighted by molar-refractivity contribution is -0.117. The molecule has 2 aliphatic rings. The molecule has 2 heterocycles. The van der Waals surface area contributed by atoms with Crippen LogP contribution < -0.4 is 18.8 Å². The maximum atomic E-state index is 13.3. The molecule has 0 aliphatic carbocycles. The van der Waals surface area contributed by atoms with E-state index in [9.17, 15) is 22.4 Å². The predicted molar refractivity (Wildman–Crippen MR) is 140 cm³/mol. The molecular formula is C27H26FN3O5S. The Balaban J connectivity index is 1.53. The number of hydrogen-bond donors (Lipinski definition) is 0. The Hall–Kier alpha value is -3.92. The highest BCUT2D eigenvalue weighted by molar-refractivity contribution is 7.92. The number of sulfonamides is 1. The van der Waals surface area contributed by atoms with Crippen molar-refractivity contribution in [3.63, 3.8) is 0 Å². The van der Waals surface area contributed by atoms with E-state index in [0.717, 1.165) is 16.7 Å². The lowest BCUT2D eigenvalue weighted by atomic mass is 9.98. The smallest absolute Gasteiger partial charge is 0.410 e. The first-order chi connectivity index (χ1) is 17.5. The molecule has 1 unspecified atom stereocenters. The molecule has 1 atom stereocenters. The third kappa shape index (κ3) is 4.64. The maximum Gasteiger partial charge on any atom is 0.419 e. The Bertz CT molecular complexity index is 1510. The van der Waals surface area contributed by atoms with Crippen molar-refractivity contribution in [1.29, 1.82) is 0 Å².